The molecule has 2 aromatic carbocycles. The lowest BCUT2D eigenvalue weighted by molar-refractivity contribution is 0.386. The van der Waals surface area contributed by atoms with E-state index in [-0.39, 0.29) is 17.6 Å². The van der Waals surface area contributed by atoms with E-state index in [9.17, 15) is 8.78 Å². The maximum atomic E-state index is 13.7. The van der Waals surface area contributed by atoms with Crippen LogP contribution < -0.4 is 10.1 Å². The van der Waals surface area contributed by atoms with E-state index in [2.05, 4.69) is 5.32 Å². The van der Waals surface area contributed by atoms with Crippen LogP contribution in [0.1, 0.15) is 24.1 Å². The Labute approximate surface area is 117 Å². The van der Waals surface area contributed by atoms with Gasteiger partial charge in [-0.1, -0.05) is 12.1 Å². The van der Waals surface area contributed by atoms with Crippen molar-refractivity contribution in [2.24, 2.45) is 0 Å². The molecular weight excluding hydrogens is 260 g/mol. The van der Waals surface area contributed by atoms with Crippen LogP contribution >= 0.6 is 0 Å². The van der Waals surface area contributed by atoms with Crippen molar-refractivity contribution in [1.29, 1.82) is 0 Å². The van der Waals surface area contributed by atoms with Crippen molar-refractivity contribution in [3.8, 4) is 5.75 Å². The van der Waals surface area contributed by atoms with Gasteiger partial charge in [0.25, 0.3) is 0 Å². The summed E-state index contributed by atoms with van der Waals surface area (Å²) in [5, 5.41) is 3.05. The lowest BCUT2D eigenvalue weighted by Gasteiger charge is -2.17. The number of halogens is 2. The summed E-state index contributed by atoms with van der Waals surface area (Å²) in [6.45, 7) is 3.74. The molecule has 0 aliphatic carbocycles. The number of nitrogens with one attached hydrogen (secondary N) is 1. The maximum absolute atomic E-state index is 13.7. The zero-order valence-electron chi connectivity index (χ0n) is 11.7. The Hall–Kier alpha value is -2.10. The van der Waals surface area contributed by atoms with Crippen molar-refractivity contribution in [3.63, 3.8) is 0 Å². The summed E-state index contributed by atoms with van der Waals surface area (Å²) < 4.78 is 32.2. The number of ether oxygens (including phenoxy) is 1. The molecule has 1 unspecified atom stereocenters. The molecule has 1 N–H and O–H groups in total. The van der Waals surface area contributed by atoms with Gasteiger partial charge in [-0.3, -0.25) is 0 Å². The van der Waals surface area contributed by atoms with Crippen LogP contribution in [0.4, 0.5) is 14.5 Å². The summed E-state index contributed by atoms with van der Waals surface area (Å²) >= 11 is 0. The van der Waals surface area contributed by atoms with E-state index < -0.39 is 5.82 Å². The zero-order chi connectivity index (χ0) is 14.7. The maximum Gasteiger partial charge on any atom is 0.165 e. The first-order valence-corrected chi connectivity index (χ1v) is 6.37. The Balaban J connectivity index is 2.21. The van der Waals surface area contributed by atoms with Crippen LogP contribution in [-0.4, -0.2) is 7.11 Å². The summed E-state index contributed by atoms with van der Waals surface area (Å²) in [4.78, 5) is 0. The summed E-state index contributed by atoms with van der Waals surface area (Å²) in [5.41, 5.74) is 2.10. The van der Waals surface area contributed by atoms with Crippen LogP contribution in [0.25, 0.3) is 0 Å². The average Bonchev–Trinajstić information content (AvgIpc) is 2.42. The second-order valence-electron chi connectivity index (χ2n) is 4.74. The average molecular weight is 277 g/mol. The minimum absolute atomic E-state index is 0.197. The van der Waals surface area contributed by atoms with Gasteiger partial charge >= 0.3 is 0 Å². The van der Waals surface area contributed by atoms with Gasteiger partial charge in [0.15, 0.2) is 11.6 Å². The second-order valence-corrected chi connectivity index (χ2v) is 4.74. The number of methoxy groups -OCH3 is 1. The Morgan fingerprint density at radius 2 is 1.80 bits per heavy atom. The quantitative estimate of drug-likeness (QED) is 0.891. The topological polar surface area (TPSA) is 21.3 Å². The predicted octanol–water partition coefficient (Wildman–Crippen LogP) is 4.45. The molecule has 0 radical (unpaired) electrons. The second kappa shape index (κ2) is 5.90. The molecule has 0 fully saturated rings. The Morgan fingerprint density at radius 3 is 2.45 bits per heavy atom. The lowest BCUT2D eigenvalue weighted by atomic mass is 10.1. The van der Waals surface area contributed by atoms with Crippen molar-refractivity contribution in [3.05, 3.63) is 59.2 Å². The summed E-state index contributed by atoms with van der Waals surface area (Å²) in [6.07, 6.45) is 0. The highest BCUT2D eigenvalue weighted by molar-refractivity contribution is 5.49. The van der Waals surface area contributed by atoms with E-state index in [4.69, 9.17) is 4.74 Å². The molecule has 0 aliphatic heterocycles. The molecule has 0 saturated heterocycles. The minimum atomic E-state index is -0.427. The predicted molar refractivity (Wildman–Crippen MR) is 76.1 cm³/mol. The van der Waals surface area contributed by atoms with Gasteiger partial charge in [-0.05, 0) is 49.2 Å². The molecule has 0 bridgehead atoms. The molecule has 0 heterocycles. The molecule has 1 atom stereocenters. The normalized spacial score (nSPS) is 12.1. The molecule has 2 aromatic rings. The monoisotopic (exact) mass is 277 g/mol. The highest BCUT2D eigenvalue weighted by Crippen LogP contribution is 2.26. The molecule has 4 heteroatoms. The first-order valence-electron chi connectivity index (χ1n) is 6.37. The van der Waals surface area contributed by atoms with Gasteiger partial charge in [-0.2, -0.15) is 0 Å². The smallest absolute Gasteiger partial charge is 0.165 e. The third-order valence-electron chi connectivity index (χ3n) is 3.17. The van der Waals surface area contributed by atoms with E-state index >= 15 is 0 Å². The van der Waals surface area contributed by atoms with Crippen molar-refractivity contribution in [1.82, 2.24) is 0 Å². The Morgan fingerprint density at radius 1 is 1.05 bits per heavy atom. The fourth-order valence-electron chi connectivity index (χ4n) is 2.02. The molecule has 20 heavy (non-hydrogen) atoms. The fraction of sp³-hybridized carbons (Fsp3) is 0.250. The van der Waals surface area contributed by atoms with Gasteiger partial charge in [0.05, 0.1) is 12.8 Å². The number of hydrogen-bond acceptors (Lipinski definition) is 2. The van der Waals surface area contributed by atoms with Crippen molar-refractivity contribution in [2.45, 2.75) is 19.9 Å². The zero-order valence-corrected chi connectivity index (χ0v) is 11.7. The van der Waals surface area contributed by atoms with Crippen LogP contribution in [0.15, 0.2) is 36.4 Å². The van der Waals surface area contributed by atoms with Gasteiger partial charge in [-0.15, -0.1) is 0 Å². The van der Waals surface area contributed by atoms with Crippen LogP contribution in [0.3, 0.4) is 0 Å². The third-order valence-corrected chi connectivity index (χ3v) is 3.17. The summed E-state index contributed by atoms with van der Waals surface area (Å²) in [7, 11) is 1.42. The van der Waals surface area contributed by atoms with Crippen LogP contribution in [0.2, 0.25) is 0 Å². The highest BCUT2D eigenvalue weighted by atomic mass is 19.1. The highest BCUT2D eigenvalue weighted by Gasteiger charge is 2.11. The van der Waals surface area contributed by atoms with Crippen LogP contribution in [0, 0.1) is 18.6 Å². The molecule has 0 spiro atoms. The molecule has 2 nitrogen and oxygen atoms in total. The minimum Gasteiger partial charge on any atom is -0.494 e. The lowest BCUT2D eigenvalue weighted by Crippen LogP contribution is -2.08. The molecular formula is C16H17F2NO. The number of benzene rings is 2. The van der Waals surface area contributed by atoms with E-state index in [0.29, 0.717) is 5.69 Å². The van der Waals surface area contributed by atoms with E-state index in [1.54, 1.807) is 24.3 Å². The number of rotatable bonds is 4. The van der Waals surface area contributed by atoms with E-state index in [1.807, 2.05) is 13.8 Å². The van der Waals surface area contributed by atoms with E-state index in [0.717, 1.165) is 11.1 Å². The molecule has 2 rings (SSSR count). The largest absolute Gasteiger partial charge is 0.494 e. The van der Waals surface area contributed by atoms with Gasteiger partial charge in [0, 0.05) is 6.04 Å². The molecule has 106 valence electrons. The van der Waals surface area contributed by atoms with Crippen molar-refractivity contribution >= 4 is 5.69 Å². The molecule has 0 saturated carbocycles. The third kappa shape index (κ3) is 3.07. The summed E-state index contributed by atoms with van der Waals surface area (Å²) in [5.74, 6) is -0.553. The van der Waals surface area contributed by atoms with Crippen molar-refractivity contribution < 1.29 is 13.5 Å². The number of hydrogen-bond donors (Lipinski definition) is 1. The van der Waals surface area contributed by atoms with Gasteiger partial charge in [-0.25, -0.2) is 8.78 Å². The van der Waals surface area contributed by atoms with Gasteiger partial charge in [0.1, 0.15) is 5.82 Å². The van der Waals surface area contributed by atoms with Crippen molar-refractivity contribution in [2.75, 3.05) is 12.4 Å². The number of aryl methyl sites for hydroxylation is 1. The van der Waals surface area contributed by atoms with Gasteiger partial charge in [0.2, 0.25) is 0 Å². The summed E-state index contributed by atoms with van der Waals surface area (Å²) in [6, 6.07) is 9.35. The van der Waals surface area contributed by atoms with Crippen LogP contribution in [-0.2, 0) is 0 Å². The van der Waals surface area contributed by atoms with E-state index in [1.165, 1.54) is 19.2 Å². The number of anilines is 1. The standard InChI is InChI=1S/C16H17F2NO/c1-10-4-6-13(17)15(8-10)19-11(2)12-5-7-16(20-3)14(18)9-12/h4-9,11,19H,1-3H3. The SMILES string of the molecule is COc1ccc(C(C)Nc2cc(C)ccc2F)cc1F. The molecule has 0 amide bonds. The fourth-order valence-corrected chi connectivity index (χ4v) is 2.02. The first kappa shape index (κ1) is 14.3. The molecule has 0 aliphatic rings. The van der Waals surface area contributed by atoms with Gasteiger partial charge < -0.3 is 10.1 Å². The first-order chi connectivity index (χ1) is 9.51. The molecule has 0 aromatic heterocycles. The van der Waals surface area contributed by atoms with Crippen LogP contribution in [0.5, 0.6) is 5.75 Å². The Bertz CT molecular complexity index is 613. The Kier molecular flexibility index (Phi) is 4.23.